The van der Waals surface area contributed by atoms with Crippen LogP contribution in [0.4, 0.5) is 0 Å². The molecule has 0 aliphatic rings. The van der Waals surface area contributed by atoms with E-state index in [1.54, 1.807) is 36.4 Å². The second-order valence-corrected chi connectivity index (χ2v) is 6.10. The molecule has 0 fully saturated rings. The van der Waals surface area contributed by atoms with Crippen LogP contribution < -0.4 is 4.74 Å². The summed E-state index contributed by atoms with van der Waals surface area (Å²) in [5.74, 6) is -0.542. The summed E-state index contributed by atoms with van der Waals surface area (Å²) in [5, 5.41) is 9.39. The molecule has 5 heteroatoms. The number of nitriles is 1. The molecule has 106 valence electrons. The third kappa shape index (κ3) is 3.52. The number of methoxy groups -OCH3 is 1. The molecule has 0 aromatic heterocycles. The van der Waals surface area contributed by atoms with Crippen molar-refractivity contribution in [2.24, 2.45) is 0 Å². The fraction of sp³-hybridized carbons (Fsp3) is 0.125. The zero-order valence-corrected chi connectivity index (χ0v) is 14.3. The standard InChI is InChI=1S/C16H11Br2NO2/c1-21-12-5-6-15(18)13(8-12)16(20)14(9-19)10-3-2-4-11(17)7-10/h2-8,14H,1H3. The quantitative estimate of drug-likeness (QED) is 0.688. The molecule has 21 heavy (non-hydrogen) atoms. The summed E-state index contributed by atoms with van der Waals surface area (Å²) < 4.78 is 6.61. The lowest BCUT2D eigenvalue weighted by atomic mass is 9.92. The number of nitrogens with zero attached hydrogens (tertiary/aromatic N) is 1. The van der Waals surface area contributed by atoms with Gasteiger partial charge in [0.05, 0.1) is 13.2 Å². The van der Waals surface area contributed by atoms with Gasteiger partial charge in [0.2, 0.25) is 0 Å². The predicted molar refractivity (Wildman–Crippen MR) is 87.5 cm³/mol. The maximum absolute atomic E-state index is 12.7. The van der Waals surface area contributed by atoms with Crippen molar-refractivity contribution in [1.29, 1.82) is 5.26 Å². The number of ether oxygens (including phenoxy) is 1. The van der Waals surface area contributed by atoms with Gasteiger partial charge in [-0.3, -0.25) is 4.79 Å². The predicted octanol–water partition coefficient (Wildman–Crippen LogP) is 4.71. The van der Waals surface area contributed by atoms with Gasteiger partial charge in [-0.05, 0) is 35.9 Å². The van der Waals surface area contributed by atoms with Crippen LogP contribution in [0, 0.1) is 11.3 Å². The summed E-state index contributed by atoms with van der Waals surface area (Å²) in [6.45, 7) is 0. The molecular formula is C16H11Br2NO2. The fourth-order valence-electron chi connectivity index (χ4n) is 1.95. The monoisotopic (exact) mass is 407 g/mol. The molecule has 0 saturated carbocycles. The largest absolute Gasteiger partial charge is 0.497 e. The smallest absolute Gasteiger partial charge is 0.185 e. The van der Waals surface area contributed by atoms with E-state index in [-0.39, 0.29) is 5.78 Å². The van der Waals surface area contributed by atoms with Crippen LogP contribution in [-0.4, -0.2) is 12.9 Å². The summed E-state index contributed by atoms with van der Waals surface area (Å²) in [6.07, 6.45) is 0. The van der Waals surface area contributed by atoms with E-state index >= 15 is 0 Å². The molecule has 0 N–H and O–H groups in total. The van der Waals surface area contributed by atoms with Gasteiger partial charge < -0.3 is 4.74 Å². The maximum Gasteiger partial charge on any atom is 0.185 e. The Morgan fingerprint density at radius 3 is 2.62 bits per heavy atom. The van der Waals surface area contributed by atoms with E-state index in [0.29, 0.717) is 21.3 Å². The number of hydrogen-bond acceptors (Lipinski definition) is 3. The first-order valence-corrected chi connectivity index (χ1v) is 7.68. The molecule has 0 bridgehead atoms. The zero-order valence-electron chi connectivity index (χ0n) is 11.1. The van der Waals surface area contributed by atoms with Crippen molar-refractivity contribution >= 4 is 37.6 Å². The van der Waals surface area contributed by atoms with E-state index in [0.717, 1.165) is 4.47 Å². The Kier molecular flexibility index (Phi) is 5.16. The van der Waals surface area contributed by atoms with Gasteiger partial charge in [0, 0.05) is 14.5 Å². The van der Waals surface area contributed by atoms with E-state index in [9.17, 15) is 10.1 Å². The summed E-state index contributed by atoms with van der Waals surface area (Å²) in [4.78, 5) is 12.7. The molecule has 2 aromatic rings. The number of hydrogen-bond donors (Lipinski definition) is 0. The summed E-state index contributed by atoms with van der Waals surface area (Å²) >= 11 is 6.70. The molecule has 0 amide bonds. The van der Waals surface area contributed by atoms with Crippen molar-refractivity contribution in [3.8, 4) is 11.8 Å². The Hall–Kier alpha value is -1.64. The molecule has 0 radical (unpaired) electrons. The van der Waals surface area contributed by atoms with Crippen LogP contribution in [0.3, 0.4) is 0 Å². The highest BCUT2D eigenvalue weighted by Gasteiger charge is 2.24. The molecule has 1 unspecified atom stereocenters. The normalized spacial score (nSPS) is 11.5. The SMILES string of the molecule is COc1ccc(Br)c(C(=O)C(C#N)c2cccc(Br)c2)c1. The van der Waals surface area contributed by atoms with Crippen molar-refractivity contribution < 1.29 is 9.53 Å². The number of carbonyl (C=O) groups excluding carboxylic acids is 1. The first-order chi connectivity index (χ1) is 10.1. The average Bonchev–Trinajstić information content (AvgIpc) is 2.48. The Labute approximate surface area is 139 Å². The minimum atomic E-state index is -0.856. The van der Waals surface area contributed by atoms with Crippen LogP contribution in [0.15, 0.2) is 51.4 Å². The highest BCUT2D eigenvalue weighted by Crippen LogP contribution is 2.29. The van der Waals surface area contributed by atoms with Gasteiger partial charge in [-0.2, -0.15) is 5.26 Å². The number of Topliss-reactive ketones (excluding diaryl/α,β-unsaturated/α-hetero) is 1. The minimum Gasteiger partial charge on any atom is -0.497 e. The van der Waals surface area contributed by atoms with Crippen molar-refractivity contribution in [2.45, 2.75) is 5.92 Å². The van der Waals surface area contributed by atoms with E-state index in [1.165, 1.54) is 7.11 Å². The van der Waals surface area contributed by atoms with Crippen LogP contribution in [-0.2, 0) is 0 Å². The van der Waals surface area contributed by atoms with Gasteiger partial charge >= 0.3 is 0 Å². The molecule has 0 aliphatic heterocycles. The highest BCUT2D eigenvalue weighted by atomic mass is 79.9. The third-order valence-corrected chi connectivity index (χ3v) is 4.20. The molecule has 0 heterocycles. The second kappa shape index (κ2) is 6.88. The van der Waals surface area contributed by atoms with Gasteiger partial charge in [-0.25, -0.2) is 0 Å². The molecule has 3 nitrogen and oxygen atoms in total. The first-order valence-electron chi connectivity index (χ1n) is 6.09. The Bertz CT molecular complexity index is 722. The van der Waals surface area contributed by atoms with Crippen LogP contribution in [0.2, 0.25) is 0 Å². The van der Waals surface area contributed by atoms with Crippen LogP contribution >= 0.6 is 31.9 Å². The van der Waals surface area contributed by atoms with E-state index < -0.39 is 5.92 Å². The lowest BCUT2D eigenvalue weighted by molar-refractivity contribution is 0.0978. The summed E-state index contributed by atoms with van der Waals surface area (Å²) in [6, 6.07) is 14.4. The van der Waals surface area contributed by atoms with Gasteiger partial charge in [-0.1, -0.05) is 44.0 Å². The van der Waals surface area contributed by atoms with E-state index in [1.807, 2.05) is 6.07 Å². The van der Waals surface area contributed by atoms with Crippen molar-refractivity contribution in [3.05, 3.63) is 62.5 Å². The molecule has 0 saturated heterocycles. The number of ketones is 1. The highest BCUT2D eigenvalue weighted by molar-refractivity contribution is 9.10. The molecular weight excluding hydrogens is 398 g/mol. The van der Waals surface area contributed by atoms with Crippen molar-refractivity contribution in [3.63, 3.8) is 0 Å². The average molecular weight is 409 g/mol. The number of halogens is 2. The third-order valence-electron chi connectivity index (χ3n) is 3.01. The number of benzene rings is 2. The summed E-state index contributed by atoms with van der Waals surface area (Å²) in [7, 11) is 1.54. The zero-order chi connectivity index (χ0) is 15.4. The summed E-state index contributed by atoms with van der Waals surface area (Å²) in [5.41, 5.74) is 1.09. The molecule has 1 atom stereocenters. The second-order valence-electron chi connectivity index (χ2n) is 4.33. The van der Waals surface area contributed by atoms with Gasteiger partial charge in [0.15, 0.2) is 5.78 Å². The van der Waals surface area contributed by atoms with Gasteiger partial charge in [0.25, 0.3) is 0 Å². The lowest BCUT2D eigenvalue weighted by Gasteiger charge is -2.11. The maximum atomic E-state index is 12.7. The molecule has 0 spiro atoms. The van der Waals surface area contributed by atoms with Crippen LogP contribution in [0.5, 0.6) is 5.75 Å². The van der Waals surface area contributed by atoms with Crippen molar-refractivity contribution in [2.75, 3.05) is 7.11 Å². The van der Waals surface area contributed by atoms with Gasteiger partial charge in [0.1, 0.15) is 11.7 Å². The van der Waals surface area contributed by atoms with E-state index in [2.05, 4.69) is 37.9 Å². The molecule has 0 aliphatic carbocycles. The van der Waals surface area contributed by atoms with E-state index in [4.69, 9.17) is 4.74 Å². The van der Waals surface area contributed by atoms with Gasteiger partial charge in [-0.15, -0.1) is 0 Å². The molecule has 2 rings (SSSR count). The number of carbonyl (C=O) groups is 1. The Morgan fingerprint density at radius 1 is 1.24 bits per heavy atom. The Morgan fingerprint density at radius 2 is 2.00 bits per heavy atom. The fourth-order valence-corrected chi connectivity index (χ4v) is 2.81. The topological polar surface area (TPSA) is 50.1 Å². The Balaban J connectivity index is 2.44. The first kappa shape index (κ1) is 15.7. The number of rotatable bonds is 4. The lowest BCUT2D eigenvalue weighted by Crippen LogP contribution is -2.12. The van der Waals surface area contributed by atoms with Crippen LogP contribution in [0.1, 0.15) is 21.8 Å². The van der Waals surface area contributed by atoms with Crippen molar-refractivity contribution in [1.82, 2.24) is 0 Å². The minimum absolute atomic E-state index is 0.263. The molecule has 2 aromatic carbocycles. The van der Waals surface area contributed by atoms with Crippen LogP contribution in [0.25, 0.3) is 0 Å².